The van der Waals surface area contributed by atoms with Crippen LogP contribution in [0.3, 0.4) is 0 Å². The van der Waals surface area contributed by atoms with Crippen LogP contribution in [-0.2, 0) is 11.2 Å². The lowest BCUT2D eigenvalue weighted by Gasteiger charge is -1.91. The summed E-state index contributed by atoms with van der Waals surface area (Å²) >= 11 is 0. The molecule has 0 aliphatic carbocycles. The molecule has 0 aromatic carbocycles. The Hall–Kier alpha value is -1.52. The molecule has 0 bridgehead atoms. The largest absolute Gasteiger partial charge is 0.481 e. The zero-order chi connectivity index (χ0) is 8.97. The fraction of sp³-hybridized carbons (Fsp3) is 0.429. The van der Waals surface area contributed by atoms with Gasteiger partial charge in [-0.15, -0.1) is 0 Å². The number of hydrogen-bond donors (Lipinski definition) is 2. The zero-order valence-corrected chi connectivity index (χ0v) is 6.49. The maximum atomic E-state index is 10.1. The molecule has 1 rings (SSSR count). The molecule has 0 unspecified atom stereocenters. The summed E-state index contributed by atoms with van der Waals surface area (Å²) in [5.41, 5.74) is 5.22. The van der Waals surface area contributed by atoms with Crippen LogP contribution in [0.15, 0.2) is 10.6 Å². The van der Waals surface area contributed by atoms with Crippen molar-refractivity contribution in [3.8, 4) is 0 Å². The molecule has 0 saturated heterocycles. The lowest BCUT2D eigenvalue weighted by Crippen LogP contribution is -1.95. The summed E-state index contributed by atoms with van der Waals surface area (Å²) in [6.45, 7) is 0. The molecule has 5 heteroatoms. The van der Waals surface area contributed by atoms with E-state index in [1.165, 1.54) is 6.20 Å². The van der Waals surface area contributed by atoms with Gasteiger partial charge in [-0.2, -0.15) is 0 Å². The van der Waals surface area contributed by atoms with E-state index in [2.05, 4.69) is 4.98 Å². The first-order chi connectivity index (χ1) is 5.68. The number of aliphatic carboxylic acids is 1. The highest BCUT2D eigenvalue weighted by atomic mass is 16.4. The number of nitrogens with zero attached hydrogens (tertiary/aromatic N) is 1. The number of carboxylic acid groups (broad SMARTS) is 1. The number of anilines is 1. The van der Waals surface area contributed by atoms with Crippen molar-refractivity contribution < 1.29 is 14.3 Å². The number of carbonyl (C=O) groups is 1. The minimum absolute atomic E-state index is 0.125. The highest BCUT2D eigenvalue weighted by molar-refractivity contribution is 5.66. The van der Waals surface area contributed by atoms with E-state index in [9.17, 15) is 4.79 Å². The van der Waals surface area contributed by atoms with E-state index in [4.69, 9.17) is 15.3 Å². The third-order valence-electron chi connectivity index (χ3n) is 1.39. The van der Waals surface area contributed by atoms with Crippen LogP contribution in [-0.4, -0.2) is 16.1 Å². The van der Waals surface area contributed by atoms with Crippen molar-refractivity contribution in [2.24, 2.45) is 0 Å². The summed E-state index contributed by atoms with van der Waals surface area (Å²) in [6.07, 6.45) is 2.76. The summed E-state index contributed by atoms with van der Waals surface area (Å²) in [6, 6.07) is 0.125. The van der Waals surface area contributed by atoms with Crippen molar-refractivity contribution in [1.29, 1.82) is 0 Å². The molecule has 1 aromatic rings. The van der Waals surface area contributed by atoms with Gasteiger partial charge in [0.25, 0.3) is 6.01 Å². The molecule has 3 N–H and O–H groups in total. The predicted molar refractivity (Wildman–Crippen MR) is 41.5 cm³/mol. The van der Waals surface area contributed by atoms with Gasteiger partial charge in [0.2, 0.25) is 0 Å². The first-order valence-corrected chi connectivity index (χ1v) is 3.60. The maximum Gasteiger partial charge on any atom is 0.303 e. The molecule has 0 aliphatic rings. The molecular weight excluding hydrogens is 160 g/mol. The molecular formula is C7H10N2O3. The number of carboxylic acids is 1. The summed E-state index contributed by atoms with van der Waals surface area (Å²) in [5, 5.41) is 8.33. The van der Waals surface area contributed by atoms with Crippen molar-refractivity contribution in [2.75, 3.05) is 5.73 Å². The SMILES string of the molecule is Nc1ncc(CCCC(=O)O)o1. The standard InChI is InChI=1S/C7H10N2O3/c8-7-9-4-5(12-7)2-1-3-6(10)11/h4H,1-3H2,(H2,8,9)(H,10,11). The Labute approximate surface area is 69.2 Å². The minimum Gasteiger partial charge on any atom is -0.481 e. The van der Waals surface area contributed by atoms with E-state index in [0.717, 1.165) is 0 Å². The number of oxazole rings is 1. The quantitative estimate of drug-likeness (QED) is 0.692. The van der Waals surface area contributed by atoms with Gasteiger partial charge in [0, 0.05) is 12.8 Å². The monoisotopic (exact) mass is 170 g/mol. The fourth-order valence-corrected chi connectivity index (χ4v) is 0.852. The zero-order valence-electron chi connectivity index (χ0n) is 6.49. The molecule has 0 fully saturated rings. The lowest BCUT2D eigenvalue weighted by molar-refractivity contribution is -0.137. The normalized spacial score (nSPS) is 10.0. The van der Waals surface area contributed by atoms with Crippen LogP contribution in [0.5, 0.6) is 0 Å². The van der Waals surface area contributed by atoms with Crippen LogP contribution in [0, 0.1) is 0 Å². The smallest absolute Gasteiger partial charge is 0.303 e. The van der Waals surface area contributed by atoms with Gasteiger partial charge in [-0.05, 0) is 6.42 Å². The van der Waals surface area contributed by atoms with Gasteiger partial charge in [0.1, 0.15) is 5.76 Å². The Morgan fingerprint density at radius 2 is 2.50 bits per heavy atom. The van der Waals surface area contributed by atoms with Crippen molar-refractivity contribution in [1.82, 2.24) is 4.98 Å². The van der Waals surface area contributed by atoms with Gasteiger partial charge in [-0.3, -0.25) is 4.79 Å². The Balaban J connectivity index is 2.29. The number of hydrogen-bond acceptors (Lipinski definition) is 4. The van der Waals surface area contributed by atoms with E-state index in [-0.39, 0.29) is 12.4 Å². The molecule has 0 aliphatic heterocycles. The fourth-order valence-electron chi connectivity index (χ4n) is 0.852. The second-order valence-corrected chi connectivity index (χ2v) is 2.41. The second kappa shape index (κ2) is 3.75. The molecule has 1 aromatic heterocycles. The molecule has 0 spiro atoms. The summed E-state index contributed by atoms with van der Waals surface area (Å²) in [5.74, 6) is -0.170. The molecule has 5 nitrogen and oxygen atoms in total. The predicted octanol–water partition coefficient (Wildman–Crippen LogP) is 0.664. The van der Waals surface area contributed by atoms with Gasteiger partial charge >= 0.3 is 5.97 Å². The molecule has 0 amide bonds. The average Bonchev–Trinajstić information content (AvgIpc) is 2.35. The van der Waals surface area contributed by atoms with Gasteiger partial charge in [-0.25, -0.2) is 4.98 Å². The van der Waals surface area contributed by atoms with Crippen LogP contribution in [0.1, 0.15) is 18.6 Å². The summed E-state index contributed by atoms with van der Waals surface area (Å²) in [4.78, 5) is 13.8. The van der Waals surface area contributed by atoms with Crippen molar-refractivity contribution in [3.05, 3.63) is 12.0 Å². The lowest BCUT2D eigenvalue weighted by atomic mass is 10.2. The number of aromatic nitrogens is 1. The highest BCUT2D eigenvalue weighted by Crippen LogP contribution is 2.08. The van der Waals surface area contributed by atoms with E-state index in [1.807, 2.05) is 0 Å². The third kappa shape index (κ3) is 2.61. The molecule has 0 radical (unpaired) electrons. The first kappa shape index (κ1) is 8.58. The Morgan fingerprint density at radius 3 is 3.00 bits per heavy atom. The van der Waals surface area contributed by atoms with E-state index >= 15 is 0 Å². The minimum atomic E-state index is -0.803. The van der Waals surface area contributed by atoms with Gasteiger partial charge < -0.3 is 15.3 Å². The van der Waals surface area contributed by atoms with E-state index in [0.29, 0.717) is 18.6 Å². The third-order valence-corrected chi connectivity index (χ3v) is 1.39. The van der Waals surface area contributed by atoms with Gasteiger partial charge in [0.05, 0.1) is 6.20 Å². The highest BCUT2D eigenvalue weighted by Gasteiger charge is 2.02. The number of nitrogens with two attached hydrogens (primary N) is 1. The van der Waals surface area contributed by atoms with Crippen molar-refractivity contribution in [2.45, 2.75) is 19.3 Å². The molecule has 0 atom stereocenters. The van der Waals surface area contributed by atoms with Crippen LogP contribution in [0.25, 0.3) is 0 Å². The number of rotatable bonds is 4. The van der Waals surface area contributed by atoms with E-state index < -0.39 is 5.97 Å². The van der Waals surface area contributed by atoms with Crippen molar-refractivity contribution in [3.63, 3.8) is 0 Å². The summed E-state index contributed by atoms with van der Waals surface area (Å²) in [7, 11) is 0. The first-order valence-electron chi connectivity index (χ1n) is 3.60. The van der Waals surface area contributed by atoms with Crippen molar-refractivity contribution >= 4 is 12.0 Å². The molecule has 1 heterocycles. The summed E-state index contributed by atoms with van der Waals surface area (Å²) < 4.78 is 4.94. The Morgan fingerprint density at radius 1 is 1.75 bits per heavy atom. The molecule has 12 heavy (non-hydrogen) atoms. The van der Waals surface area contributed by atoms with Crippen LogP contribution in [0.2, 0.25) is 0 Å². The van der Waals surface area contributed by atoms with Crippen LogP contribution in [0.4, 0.5) is 6.01 Å². The molecule has 0 saturated carbocycles. The average molecular weight is 170 g/mol. The maximum absolute atomic E-state index is 10.1. The molecule has 66 valence electrons. The topological polar surface area (TPSA) is 89.3 Å². The van der Waals surface area contributed by atoms with Gasteiger partial charge in [-0.1, -0.05) is 0 Å². The number of nitrogen functional groups attached to an aromatic ring is 1. The Kier molecular flexibility index (Phi) is 2.68. The van der Waals surface area contributed by atoms with Crippen LogP contribution < -0.4 is 5.73 Å². The van der Waals surface area contributed by atoms with Crippen LogP contribution >= 0.6 is 0 Å². The second-order valence-electron chi connectivity index (χ2n) is 2.41. The number of aryl methyl sites for hydroxylation is 1. The van der Waals surface area contributed by atoms with E-state index in [1.54, 1.807) is 0 Å². The Bertz CT molecular complexity index is 269. The van der Waals surface area contributed by atoms with Gasteiger partial charge in [0.15, 0.2) is 0 Å².